The summed E-state index contributed by atoms with van der Waals surface area (Å²) in [6, 6.07) is 4.08. The van der Waals surface area contributed by atoms with E-state index in [1.54, 1.807) is 0 Å². The number of nitrogens with one attached hydrogen (secondary N) is 1. The zero-order valence-electron chi connectivity index (χ0n) is 14.8. The highest BCUT2D eigenvalue weighted by atomic mass is 19.4. The number of hydrogen-bond acceptors (Lipinski definition) is 4. The highest BCUT2D eigenvalue weighted by Crippen LogP contribution is 2.40. The third kappa shape index (κ3) is 3.60. The number of aromatic nitrogens is 4. The van der Waals surface area contributed by atoms with Crippen LogP contribution in [0.1, 0.15) is 21.6 Å². The topological polar surface area (TPSA) is 72.7 Å². The van der Waals surface area contributed by atoms with Crippen LogP contribution in [0.25, 0.3) is 22.8 Å². The Hall–Kier alpha value is -3.44. The maximum Gasteiger partial charge on any atom is 0.417 e. The van der Waals surface area contributed by atoms with Crippen molar-refractivity contribution in [3.63, 3.8) is 0 Å². The molecule has 12 heteroatoms. The number of alkyl halides is 6. The standard InChI is InChI=1S/C18H11F6N5O/c19-17(20,21)9-1-2-10(11(7-9)18(22,23)24)15-25-4-3-12(27-15)13-8-14-16(30)26-5-6-29(14)28-13/h1-4,7-8H,5-6H2,(H,26,30). The van der Waals surface area contributed by atoms with Crippen molar-refractivity contribution in [3.8, 4) is 22.8 Å². The molecule has 156 valence electrons. The second-order valence-electron chi connectivity index (χ2n) is 6.42. The van der Waals surface area contributed by atoms with Gasteiger partial charge in [0.15, 0.2) is 5.82 Å². The zero-order valence-corrected chi connectivity index (χ0v) is 14.8. The average Bonchev–Trinajstić information content (AvgIpc) is 3.12. The molecule has 6 nitrogen and oxygen atoms in total. The van der Waals surface area contributed by atoms with E-state index in [2.05, 4.69) is 20.4 Å². The maximum atomic E-state index is 13.4. The van der Waals surface area contributed by atoms with E-state index in [-0.39, 0.29) is 29.1 Å². The SMILES string of the molecule is O=C1NCCn2nc(-c3ccnc(-c4ccc(C(F)(F)F)cc4C(F)(F)F)n3)cc21. The average molecular weight is 427 g/mol. The Morgan fingerprint density at radius 1 is 0.967 bits per heavy atom. The molecule has 0 aliphatic carbocycles. The van der Waals surface area contributed by atoms with E-state index in [1.165, 1.54) is 23.0 Å². The van der Waals surface area contributed by atoms with Crippen LogP contribution in [0.2, 0.25) is 0 Å². The number of hydrogen-bond donors (Lipinski definition) is 1. The van der Waals surface area contributed by atoms with Gasteiger partial charge in [0.2, 0.25) is 0 Å². The first-order valence-electron chi connectivity index (χ1n) is 8.52. The van der Waals surface area contributed by atoms with Gasteiger partial charge in [0.1, 0.15) is 11.4 Å². The maximum absolute atomic E-state index is 13.4. The first-order chi connectivity index (χ1) is 14.0. The molecule has 1 aliphatic rings. The molecule has 3 aromatic rings. The van der Waals surface area contributed by atoms with Gasteiger partial charge in [0.25, 0.3) is 5.91 Å². The molecule has 0 bridgehead atoms. The summed E-state index contributed by atoms with van der Waals surface area (Å²) in [7, 11) is 0. The summed E-state index contributed by atoms with van der Waals surface area (Å²) in [4.78, 5) is 19.7. The van der Waals surface area contributed by atoms with Gasteiger partial charge in [-0.3, -0.25) is 9.48 Å². The summed E-state index contributed by atoms with van der Waals surface area (Å²) >= 11 is 0. The van der Waals surface area contributed by atoms with Crippen LogP contribution < -0.4 is 5.32 Å². The minimum absolute atomic E-state index is 0.0328. The summed E-state index contributed by atoms with van der Waals surface area (Å²) < 4.78 is 80.4. The van der Waals surface area contributed by atoms with Crippen LogP contribution in [0.4, 0.5) is 26.3 Å². The van der Waals surface area contributed by atoms with Crippen LogP contribution in [-0.4, -0.2) is 32.2 Å². The summed E-state index contributed by atoms with van der Waals surface area (Å²) in [5.41, 5.74) is -2.91. The first kappa shape index (κ1) is 19.9. The molecular weight excluding hydrogens is 416 g/mol. The van der Waals surface area contributed by atoms with Gasteiger partial charge in [-0.15, -0.1) is 0 Å². The Morgan fingerprint density at radius 2 is 1.73 bits per heavy atom. The minimum Gasteiger partial charge on any atom is -0.349 e. The third-order valence-electron chi connectivity index (χ3n) is 4.43. The van der Waals surface area contributed by atoms with Gasteiger partial charge in [-0.05, 0) is 30.3 Å². The lowest BCUT2D eigenvalue weighted by atomic mass is 10.0. The smallest absolute Gasteiger partial charge is 0.349 e. The zero-order chi connectivity index (χ0) is 21.7. The van der Waals surface area contributed by atoms with Crippen LogP contribution in [0.5, 0.6) is 0 Å². The van der Waals surface area contributed by atoms with Gasteiger partial charge in [-0.25, -0.2) is 9.97 Å². The summed E-state index contributed by atoms with van der Waals surface area (Å²) in [5.74, 6) is -0.764. The number of carbonyl (C=O) groups excluding carboxylic acids is 1. The lowest BCUT2D eigenvalue weighted by molar-refractivity contribution is -0.142. The summed E-state index contributed by atoms with van der Waals surface area (Å²) in [5, 5.41) is 6.85. The molecule has 0 saturated heterocycles. The quantitative estimate of drug-likeness (QED) is 0.632. The van der Waals surface area contributed by atoms with Crippen molar-refractivity contribution in [1.82, 2.24) is 25.1 Å². The summed E-state index contributed by atoms with van der Waals surface area (Å²) in [6.07, 6.45) is -8.81. The molecule has 1 aromatic carbocycles. The number of fused-ring (bicyclic) bond motifs is 1. The second kappa shape index (κ2) is 6.82. The van der Waals surface area contributed by atoms with Crippen molar-refractivity contribution in [2.75, 3.05) is 6.54 Å². The molecule has 0 unspecified atom stereocenters. The highest BCUT2D eigenvalue weighted by Gasteiger charge is 2.39. The monoisotopic (exact) mass is 427 g/mol. The fraction of sp³-hybridized carbons (Fsp3) is 0.222. The van der Waals surface area contributed by atoms with Gasteiger partial charge < -0.3 is 5.32 Å². The summed E-state index contributed by atoms with van der Waals surface area (Å²) in [6.45, 7) is 0.790. The molecule has 3 heterocycles. The van der Waals surface area contributed by atoms with Gasteiger partial charge in [0.05, 0.1) is 23.4 Å². The predicted octanol–water partition coefficient (Wildman–Crippen LogP) is 3.79. The van der Waals surface area contributed by atoms with E-state index in [1.807, 2.05) is 0 Å². The largest absolute Gasteiger partial charge is 0.417 e. The Labute approximate surface area is 164 Å². The fourth-order valence-electron chi connectivity index (χ4n) is 3.04. The number of carbonyl (C=O) groups is 1. The highest BCUT2D eigenvalue weighted by molar-refractivity contribution is 5.94. The molecule has 1 aliphatic heterocycles. The molecule has 30 heavy (non-hydrogen) atoms. The number of nitrogens with zero attached hydrogens (tertiary/aromatic N) is 4. The van der Waals surface area contributed by atoms with Crippen LogP contribution in [0, 0.1) is 0 Å². The van der Waals surface area contributed by atoms with Crippen LogP contribution in [0.3, 0.4) is 0 Å². The van der Waals surface area contributed by atoms with Crippen LogP contribution >= 0.6 is 0 Å². The fourth-order valence-corrected chi connectivity index (χ4v) is 3.04. The van der Waals surface area contributed by atoms with Gasteiger partial charge >= 0.3 is 12.4 Å². The Morgan fingerprint density at radius 3 is 2.40 bits per heavy atom. The number of benzene rings is 1. The molecular formula is C18H11F6N5O. The molecule has 0 fully saturated rings. The lowest BCUT2D eigenvalue weighted by Gasteiger charge is -2.15. The second-order valence-corrected chi connectivity index (χ2v) is 6.42. The number of rotatable bonds is 2. The van der Waals surface area contributed by atoms with Crippen molar-refractivity contribution >= 4 is 5.91 Å². The predicted molar refractivity (Wildman–Crippen MR) is 91.0 cm³/mol. The molecule has 1 amide bonds. The molecule has 0 saturated carbocycles. The third-order valence-corrected chi connectivity index (χ3v) is 4.43. The van der Waals surface area contributed by atoms with E-state index in [0.29, 0.717) is 25.2 Å². The molecule has 0 atom stereocenters. The van der Waals surface area contributed by atoms with Gasteiger partial charge in [-0.1, -0.05) is 0 Å². The Balaban J connectivity index is 1.81. The first-order valence-corrected chi connectivity index (χ1v) is 8.52. The minimum atomic E-state index is -5.05. The van der Waals surface area contributed by atoms with Gasteiger partial charge in [0, 0.05) is 18.3 Å². The van der Waals surface area contributed by atoms with Crippen molar-refractivity contribution < 1.29 is 31.1 Å². The lowest BCUT2D eigenvalue weighted by Crippen LogP contribution is -2.35. The van der Waals surface area contributed by atoms with E-state index in [4.69, 9.17) is 0 Å². The molecule has 4 rings (SSSR count). The Kier molecular flexibility index (Phi) is 4.51. The van der Waals surface area contributed by atoms with Crippen molar-refractivity contribution in [3.05, 3.63) is 53.3 Å². The molecule has 2 aromatic heterocycles. The van der Waals surface area contributed by atoms with Crippen molar-refractivity contribution in [2.45, 2.75) is 18.9 Å². The normalized spacial score (nSPS) is 14.4. The van der Waals surface area contributed by atoms with Crippen molar-refractivity contribution in [1.29, 1.82) is 0 Å². The van der Waals surface area contributed by atoms with Crippen LogP contribution in [0.15, 0.2) is 36.5 Å². The van der Waals surface area contributed by atoms with Crippen LogP contribution in [-0.2, 0) is 18.9 Å². The van der Waals surface area contributed by atoms with E-state index in [9.17, 15) is 31.1 Å². The number of amides is 1. The number of halogens is 6. The van der Waals surface area contributed by atoms with E-state index < -0.39 is 34.9 Å². The van der Waals surface area contributed by atoms with E-state index in [0.717, 1.165) is 0 Å². The van der Waals surface area contributed by atoms with Gasteiger partial charge in [-0.2, -0.15) is 31.4 Å². The van der Waals surface area contributed by atoms with E-state index >= 15 is 0 Å². The molecule has 0 radical (unpaired) electrons. The molecule has 1 N–H and O–H groups in total. The molecule has 0 spiro atoms. The Bertz CT molecular complexity index is 1130. The van der Waals surface area contributed by atoms with Crippen molar-refractivity contribution in [2.24, 2.45) is 0 Å².